The minimum Gasteiger partial charge on any atom is -0.466 e. The van der Waals surface area contributed by atoms with Crippen molar-refractivity contribution in [2.45, 2.75) is 32.5 Å². The number of ether oxygens (including phenoxy) is 1. The van der Waals surface area contributed by atoms with Crippen molar-refractivity contribution in [1.82, 2.24) is 0 Å². The lowest BCUT2D eigenvalue weighted by Gasteiger charge is -2.35. The number of benzene rings is 1. The summed E-state index contributed by atoms with van der Waals surface area (Å²) in [7, 11) is 1.13. The summed E-state index contributed by atoms with van der Waals surface area (Å²) in [6.45, 7) is 2.71. The van der Waals surface area contributed by atoms with Crippen LogP contribution in [0.1, 0.15) is 25.8 Å². The number of ketones is 1. The first kappa shape index (κ1) is 18.7. The molecule has 1 amide bonds. The van der Waals surface area contributed by atoms with Gasteiger partial charge in [-0.1, -0.05) is 6.07 Å². The van der Waals surface area contributed by atoms with Gasteiger partial charge in [-0.15, -0.1) is 0 Å². The van der Waals surface area contributed by atoms with Crippen molar-refractivity contribution in [3.8, 4) is 0 Å². The van der Waals surface area contributed by atoms with Crippen molar-refractivity contribution in [3.05, 3.63) is 41.0 Å². The van der Waals surface area contributed by atoms with Gasteiger partial charge in [-0.25, -0.2) is 4.79 Å². The molecule has 0 N–H and O–H groups in total. The summed E-state index contributed by atoms with van der Waals surface area (Å²) in [5, 5.41) is 0. The van der Waals surface area contributed by atoms with E-state index >= 15 is 0 Å². The number of Topliss-reactive ketones (excluding diaryl/α,β-unsaturated/α-hetero) is 1. The van der Waals surface area contributed by atoms with Crippen LogP contribution in [0.3, 0.4) is 0 Å². The van der Waals surface area contributed by atoms with E-state index in [9.17, 15) is 27.6 Å². The molecule has 1 aliphatic heterocycles. The number of esters is 1. The number of halogens is 3. The normalized spacial score (nSPS) is 18.4. The number of nitrogens with zero attached hydrogens (tertiary/aromatic N) is 1. The van der Waals surface area contributed by atoms with Crippen molar-refractivity contribution < 1.29 is 32.3 Å². The molecule has 0 aromatic heterocycles. The number of hydrogen-bond donors (Lipinski definition) is 0. The van der Waals surface area contributed by atoms with E-state index in [1.807, 2.05) is 0 Å². The molecule has 0 saturated carbocycles. The number of carbonyl (C=O) groups excluding carboxylic acids is 3. The lowest BCUT2D eigenvalue weighted by Crippen LogP contribution is -2.46. The van der Waals surface area contributed by atoms with Crippen LogP contribution < -0.4 is 4.90 Å². The molecule has 1 aromatic carbocycles. The van der Waals surface area contributed by atoms with E-state index in [0.717, 1.165) is 24.1 Å². The summed E-state index contributed by atoms with van der Waals surface area (Å²) in [5.74, 6) is -1.83. The van der Waals surface area contributed by atoms with Crippen LogP contribution in [0.25, 0.3) is 0 Å². The first-order chi connectivity index (χ1) is 11.6. The minimum absolute atomic E-state index is 0.00925. The van der Waals surface area contributed by atoms with Crippen LogP contribution in [0, 0.1) is 0 Å². The largest absolute Gasteiger partial charge is 0.466 e. The first-order valence-corrected chi connectivity index (χ1v) is 7.39. The fourth-order valence-electron chi connectivity index (χ4n) is 2.94. The average Bonchev–Trinajstić information content (AvgIpc) is 2.52. The molecule has 1 aliphatic rings. The van der Waals surface area contributed by atoms with Gasteiger partial charge in [-0.05, 0) is 32.0 Å². The maximum Gasteiger partial charge on any atom is 0.416 e. The lowest BCUT2D eigenvalue weighted by atomic mass is 9.90. The molecule has 1 atom stereocenters. The monoisotopic (exact) mass is 355 g/mol. The molecule has 25 heavy (non-hydrogen) atoms. The highest BCUT2D eigenvalue weighted by molar-refractivity contribution is 6.12. The molecule has 8 heteroatoms. The number of carbonyl (C=O) groups is 3. The Morgan fingerprint density at radius 3 is 2.44 bits per heavy atom. The highest BCUT2D eigenvalue weighted by Gasteiger charge is 2.38. The van der Waals surface area contributed by atoms with E-state index in [1.165, 1.54) is 26.0 Å². The van der Waals surface area contributed by atoms with Crippen molar-refractivity contribution >= 4 is 23.3 Å². The molecule has 1 aromatic rings. The molecule has 5 nitrogen and oxygen atoms in total. The zero-order chi connectivity index (χ0) is 18.9. The fourth-order valence-corrected chi connectivity index (χ4v) is 2.94. The van der Waals surface area contributed by atoms with E-state index in [2.05, 4.69) is 4.74 Å². The summed E-state index contributed by atoms with van der Waals surface area (Å²) >= 11 is 0. The van der Waals surface area contributed by atoms with E-state index < -0.39 is 41.9 Å². The third-order valence-corrected chi connectivity index (χ3v) is 3.99. The van der Waals surface area contributed by atoms with E-state index in [1.54, 1.807) is 0 Å². The van der Waals surface area contributed by atoms with Crippen LogP contribution in [0.5, 0.6) is 0 Å². The molecule has 0 spiro atoms. The van der Waals surface area contributed by atoms with Gasteiger partial charge >= 0.3 is 12.1 Å². The molecule has 0 radical (unpaired) electrons. The highest BCUT2D eigenvalue weighted by Crippen LogP contribution is 2.35. The first-order valence-electron chi connectivity index (χ1n) is 7.39. The van der Waals surface area contributed by atoms with Crippen molar-refractivity contribution in [3.63, 3.8) is 0 Å². The standard InChI is InChI=1S/C17H16F3NO4/c1-9-15(10(2)22)13(16(24)25-3)8-14(23)21(9)12-6-4-5-11(7-12)17(18,19)20/h4-7,9H,8H2,1-3H3. The highest BCUT2D eigenvalue weighted by atomic mass is 19.4. The average molecular weight is 355 g/mol. The summed E-state index contributed by atoms with van der Waals surface area (Å²) in [6.07, 6.45) is -4.98. The Hall–Kier alpha value is -2.64. The third kappa shape index (κ3) is 3.57. The van der Waals surface area contributed by atoms with Gasteiger partial charge in [0.1, 0.15) is 0 Å². The van der Waals surface area contributed by atoms with Gasteiger partial charge in [0.25, 0.3) is 0 Å². The third-order valence-electron chi connectivity index (χ3n) is 3.99. The van der Waals surface area contributed by atoms with Gasteiger partial charge in [0.2, 0.25) is 5.91 Å². The Morgan fingerprint density at radius 2 is 1.92 bits per heavy atom. The van der Waals surface area contributed by atoms with E-state index in [4.69, 9.17) is 0 Å². The Balaban J connectivity index is 2.55. The van der Waals surface area contributed by atoms with Crippen molar-refractivity contribution in [2.75, 3.05) is 12.0 Å². The van der Waals surface area contributed by atoms with Crippen LogP contribution in [0.2, 0.25) is 0 Å². The Labute approximate surface area is 142 Å². The van der Waals surface area contributed by atoms with Gasteiger partial charge in [-0.2, -0.15) is 13.2 Å². The Morgan fingerprint density at radius 1 is 1.28 bits per heavy atom. The number of alkyl halides is 3. The number of methoxy groups -OCH3 is 1. The molecule has 0 fully saturated rings. The minimum atomic E-state index is -4.56. The van der Waals surface area contributed by atoms with Gasteiger partial charge < -0.3 is 9.64 Å². The lowest BCUT2D eigenvalue weighted by molar-refractivity contribution is -0.138. The SMILES string of the molecule is COC(=O)C1=C(C(C)=O)C(C)N(c2cccc(C(F)(F)F)c2)C(=O)C1. The molecule has 0 bridgehead atoms. The summed E-state index contributed by atoms with van der Waals surface area (Å²) in [4.78, 5) is 37.4. The quantitative estimate of drug-likeness (QED) is 0.782. The zero-order valence-corrected chi connectivity index (χ0v) is 13.8. The van der Waals surface area contributed by atoms with Gasteiger partial charge in [-0.3, -0.25) is 9.59 Å². The van der Waals surface area contributed by atoms with Crippen LogP contribution >= 0.6 is 0 Å². The molecule has 1 heterocycles. The van der Waals surface area contributed by atoms with Gasteiger partial charge in [0, 0.05) is 11.3 Å². The predicted octanol–water partition coefficient (Wildman–Crippen LogP) is 2.89. The predicted molar refractivity (Wildman–Crippen MR) is 82.7 cm³/mol. The maximum absolute atomic E-state index is 12.9. The van der Waals surface area contributed by atoms with E-state index in [0.29, 0.717) is 0 Å². The number of anilines is 1. The zero-order valence-electron chi connectivity index (χ0n) is 13.8. The second kappa shape index (κ2) is 6.70. The molecular formula is C17H16F3NO4. The second-order valence-electron chi connectivity index (χ2n) is 5.60. The van der Waals surface area contributed by atoms with Crippen LogP contribution in [-0.2, 0) is 25.3 Å². The molecule has 2 rings (SSSR count). The number of hydrogen-bond acceptors (Lipinski definition) is 4. The second-order valence-corrected chi connectivity index (χ2v) is 5.60. The van der Waals surface area contributed by atoms with E-state index in [-0.39, 0.29) is 16.8 Å². The van der Waals surface area contributed by atoms with Crippen LogP contribution in [0.4, 0.5) is 18.9 Å². The smallest absolute Gasteiger partial charge is 0.416 e. The molecule has 1 unspecified atom stereocenters. The Bertz CT molecular complexity index is 767. The summed E-state index contributed by atoms with van der Waals surface area (Å²) < 4.78 is 43.4. The Kier molecular flexibility index (Phi) is 5.01. The molecule has 134 valence electrons. The summed E-state index contributed by atoms with van der Waals surface area (Å²) in [5.41, 5.74) is -0.897. The summed E-state index contributed by atoms with van der Waals surface area (Å²) in [6, 6.07) is 3.38. The molecule has 0 aliphatic carbocycles. The van der Waals surface area contributed by atoms with Gasteiger partial charge in [0.05, 0.1) is 30.7 Å². The number of rotatable bonds is 3. The maximum atomic E-state index is 12.9. The van der Waals surface area contributed by atoms with Crippen molar-refractivity contribution in [1.29, 1.82) is 0 Å². The van der Waals surface area contributed by atoms with Crippen LogP contribution in [0.15, 0.2) is 35.4 Å². The molecule has 0 saturated heterocycles. The fraction of sp³-hybridized carbons (Fsp3) is 0.353. The molecular weight excluding hydrogens is 339 g/mol. The van der Waals surface area contributed by atoms with Gasteiger partial charge in [0.15, 0.2) is 5.78 Å². The topological polar surface area (TPSA) is 63.7 Å². The number of amides is 1. The van der Waals surface area contributed by atoms with Crippen LogP contribution in [-0.4, -0.2) is 30.8 Å². The van der Waals surface area contributed by atoms with Crippen molar-refractivity contribution in [2.24, 2.45) is 0 Å².